The van der Waals surface area contributed by atoms with Crippen molar-refractivity contribution in [1.82, 2.24) is 9.78 Å². The number of aryl methyl sites for hydroxylation is 1. The number of rotatable bonds is 3. The van der Waals surface area contributed by atoms with Crippen molar-refractivity contribution in [1.29, 1.82) is 0 Å². The normalized spacial score (nSPS) is 25.7. The summed E-state index contributed by atoms with van der Waals surface area (Å²) in [4.78, 5) is 11.4. The van der Waals surface area contributed by atoms with Gasteiger partial charge in [0.15, 0.2) is 5.69 Å². The van der Waals surface area contributed by atoms with Crippen LogP contribution >= 0.6 is 0 Å². The topological polar surface area (TPSA) is 70.1 Å². The van der Waals surface area contributed by atoms with Gasteiger partial charge in [-0.25, -0.2) is 4.79 Å². The summed E-state index contributed by atoms with van der Waals surface area (Å²) in [5, 5.41) is 4.19. The third kappa shape index (κ3) is 1.57. The first-order chi connectivity index (χ1) is 7.88. The fourth-order valence-electron chi connectivity index (χ4n) is 2.72. The summed E-state index contributed by atoms with van der Waals surface area (Å²) in [6.07, 6.45) is 1.02. The van der Waals surface area contributed by atoms with Gasteiger partial charge in [0.2, 0.25) is 0 Å². The van der Waals surface area contributed by atoms with Crippen LogP contribution in [0, 0.1) is 5.41 Å². The van der Waals surface area contributed by atoms with Gasteiger partial charge in [-0.3, -0.25) is 4.68 Å². The molecule has 0 radical (unpaired) electrons. The van der Waals surface area contributed by atoms with E-state index in [1.54, 1.807) is 10.7 Å². The number of nitrogens with two attached hydrogens (primary N) is 1. The molecule has 1 fully saturated rings. The van der Waals surface area contributed by atoms with Gasteiger partial charge < -0.3 is 10.5 Å². The lowest BCUT2D eigenvalue weighted by molar-refractivity contribution is 0.0593. The van der Waals surface area contributed by atoms with Gasteiger partial charge in [0.25, 0.3) is 0 Å². The largest absolute Gasteiger partial charge is 0.464 e. The van der Waals surface area contributed by atoms with Crippen LogP contribution in [-0.4, -0.2) is 29.4 Å². The van der Waals surface area contributed by atoms with Crippen molar-refractivity contribution in [2.24, 2.45) is 18.2 Å². The van der Waals surface area contributed by atoms with Gasteiger partial charge in [0.1, 0.15) is 0 Å². The van der Waals surface area contributed by atoms with Crippen molar-refractivity contribution in [3.8, 4) is 0 Å². The van der Waals surface area contributed by atoms with Gasteiger partial charge in [-0.2, -0.15) is 5.10 Å². The van der Waals surface area contributed by atoms with Crippen LogP contribution in [0.25, 0.3) is 0 Å². The molecule has 1 saturated carbocycles. The third-order valence-electron chi connectivity index (χ3n) is 4.03. The van der Waals surface area contributed by atoms with Gasteiger partial charge in [0.05, 0.1) is 7.11 Å². The molecular weight excluding hydrogens is 218 g/mol. The summed E-state index contributed by atoms with van der Waals surface area (Å²) in [5.41, 5.74) is 7.39. The number of aromatic nitrogens is 2. The first kappa shape index (κ1) is 12.1. The van der Waals surface area contributed by atoms with Gasteiger partial charge in [-0.05, 0) is 17.9 Å². The van der Waals surface area contributed by atoms with Gasteiger partial charge in [-0.15, -0.1) is 0 Å². The fourth-order valence-corrected chi connectivity index (χ4v) is 2.72. The van der Waals surface area contributed by atoms with Crippen LogP contribution in [-0.2, 0) is 17.2 Å². The molecule has 2 rings (SSSR count). The molecule has 0 spiro atoms. The Kier molecular flexibility index (Phi) is 2.54. The molecule has 1 aromatic rings. The van der Waals surface area contributed by atoms with Gasteiger partial charge in [0, 0.05) is 24.7 Å². The standard InChI is InChI=1S/C12H19N3O2/c1-11(2)6-12(11,7-13)9-5-8(10(16)17-4)14-15(9)3/h5H,6-7,13H2,1-4H3. The van der Waals surface area contributed by atoms with E-state index in [0.717, 1.165) is 12.1 Å². The number of hydrogen-bond donors (Lipinski definition) is 1. The van der Waals surface area contributed by atoms with Crippen LogP contribution in [0.2, 0.25) is 0 Å². The maximum absolute atomic E-state index is 11.4. The van der Waals surface area contributed by atoms with Crippen LogP contribution < -0.4 is 5.73 Å². The Bertz CT molecular complexity index is 464. The summed E-state index contributed by atoms with van der Waals surface area (Å²) in [6.45, 7) is 4.94. The van der Waals surface area contributed by atoms with E-state index in [1.165, 1.54) is 7.11 Å². The maximum atomic E-state index is 11.4. The summed E-state index contributed by atoms with van der Waals surface area (Å²) in [6, 6.07) is 1.80. The molecule has 5 nitrogen and oxygen atoms in total. The second-order valence-electron chi connectivity index (χ2n) is 5.38. The fraction of sp³-hybridized carbons (Fsp3) is 0.667. The number of carbonyl (C=O) groups is 1. The molecule has 17 heavy (non-hydrogen) atoms. The summed E-state index contributed by atoms with van der Waals surface area (Å²) >= 11 is 0. The second kappa shape index (κ2) is 3.57. The van der Waals surface area contributed by atoms with Crippen molar-refractivity contribution < 1.29 is 9.53 Å². The molecule has 0 amide bonds. The molecule has 1 unspecified atom stereocenters. The molecule has 5 heteroatoms. The Morgan fingerprint density at radius 1 is 1.65 bits per heavy atom. The molecule has 1 atom stereocenters. The predicted molar refractivity (Wildman–Crippen MR) is 63.7 cm³/mol. The Hall–Kier alpha value is -1.36. The average molecular weight is 237 g/mol. The maximum Gasteiger partial charge on any atom is 0.358 e. The second-order valence-corrected chi connectivity index (χ2v) is 5.38. The minimum Gasteiger partial charge on any atom is -0.464 e. The Morgan fingerprint density at radius 3 is 2.65 bits per heavy atom. The summed E-state index contributed by atoms with van der Waals surface area (Å²) in [5.74, 6) is -0.405. The van der Waals surface area contributed by atoms with Crippen molar-refractivity contribution in [3.63, 3.8) is 0 Å². The van der Waals surface area contributed by atoms with Crippen molar-refractivity contribution in [3.05, 3.63) is 17.5 Å². The third-order valence-corrected chi connectivity index (χ3v) is 4.03. The van der Waals surface area contributed by atoms with E-state index in [0.29, 0.717) is 12.2 Å². The molecule has 1 heterocycles. The minimum absolute atomic E-state index is 0.0545. The highest BCUT2D eigenvalue weighted by Crippen LogP contribution is 2.63. The van der Waals surface area contributed by atoms with Crippen molar-refractivity contribution in [2.75, 3.05) is 13.7 Å². The molecule has 0 aliphatic heterocycles. The predicted octanol–water partition coefficient (Wildman–Crippen LogP) is 0.833. The van der Waals surface area contributed by atoms with E-state index in [2.05, 4.69) is 23.7 Å². The monoisotopic (exact) mass is 237 g/mol. The number of carbonyl (C=O) groups excluding carboxylic acids is 1. The van der Waals surface area contributed by atoms with Gasteiger partial charge >= 0.3 is 5.97 Å². The zero-order chi connectivity index (χ0) is 12.8. The molecule has 94 valence electrons. The van der Waals surface area contributed by atoms with Crippen LogP contribution in [0.15, 0.2) is 6.07 Å². The van der Waals surface area contributed by atoms with Gasteiger partial charge in [-0.1, -0.05) is 13.8 Å². The van der Waals surface area contributed by atoms with Crippen LogP contribution in [0.3, 0.4) is 0 Å². The highest BCUT2D eigenvalue weighted by Gasteiger charge is 2.62. The number of esters is 1. The van der Waals surface area contributed by atoms with Crippen LogP contribution in [0.4, 0.5) is 0 Å². The van der Waals surface area contributed by atoms with Crippen molar-refractivity contribution in [2.45, 2.75) is 25.7 Å². The van der Waals surface area contributed by atoms with E-state index in [9.17, 15) is 4.79 Å². The van der Waals surface area contributed by atoms with E-state index in [-0.39, 0.29) is 10.8 Å². The quantitative estimate of drug-likeness (QED) is 0.791. The number of ether oxygens (including phenoxy) is 1. The highest BCUT2D eigenvalue weighted by atomic mass is 16.5. The Labute approximate surface area is 101 Å². The lowest BCUT2D eigenvalue weighted by Crippen LogP contribution is -2.27. The number of hydrogen-bond acceptors (Lipinski definition) is 4. The molecule has 0 bridgehead atoms. The molecule has 1 aliphatic rings. The molecule has 1 aliphatic carbocycles. The lowest BCUT2D eigenvalue weighted by Gasteiger charge is -2.18. The first-order valence-electron chi connectivity index (χ1n) is 5.71. The zero-order valence-electron chi connectivity index (χ0n) is 10.8. The average Bonchev–Trinajstić information content (AvgIpc) is 2.65. The lowest BCUT2D eigenvalue weighted by atomic mass is 9.92. The molecule has 1 aromatic heterocycles. The van der Waals surface area contributed by atoms with Crippen molar-refractivity contribution >= 4 is 5.97 Å². The number of methoxy groups -OCH3 is 1. The molecule has 0 aromatic carbocycles. The zero-order valence-corrected chi connectivity index (χ0v) is 10.8. The van der Waals surface area contributed by atoms with E-state index in [4.69, 9.17) is 5.73 Å². The number of nitrogens with zero attached hydrogens (tertiary/aromatic N) is 2. The van der Waals surface area contributed by atoms with Crippen LogP contribution in [0.5, 0.6) is 0 Å². The molecule has 0 saturated heterocycles. The van der Waals surface area contributed by atoms with Crippen LogP contribution in [0.1, 0.15) is 36.5 Å². The Balaban J connectivity index is 2.41. The van der Waals surface area contributed by atoms with E-state index in [1.807, 2.05) is 7.05 Å². The summed E-state index contributed by atoms with van der Waals surface area (Å²) in [7, 11) is 3.20. The Morgan fingerprint density at radius 2 is 2.24 bits per heavy atom. The smallest absolute Gasteiger partial charge is 0.358 e. The molecular formula is C12H19N3O2. The van der Waals surface area contributed by atoms with E-state index >= 15 is 0 Å². The highest BCUT2D eigenvalue weighted by molar-refractivity contribution is 5.87. The first-order valence-corrected chi connectivity index (χ1v) is 5.71. The molecule has 2 N–H and O–H groups in total. The summed E-state index contributed by atoms with van der Waals surface area (Å²) < 4.78 is 6.42. The SMILES string of the molecule is COC(=O)c1cc(C2(CN)CC2(C)C)n(C)n1. The minimum atomic E-state index is -0.405. The van der Waals surface area contributed by atoms with E-state index < -0.39 is 5.97 Å².